The molecule has 1 aliphatic carbocycles. The Morgan fingerprint density at radius 1 is 1.44 bits per heavy atom. The highest BCUT2D eigenvalue weighted by molar-refractivity contribution is 5.18. The fraction of sp³-hybridized carbons (Fsp3) is 0.867. The quantitative estimate of drug-likeness (QED) is 0.671. The molecule has 0 saturated heterocycles. The fourth-order valence-corrected chi connectivity index (χ4v) is 2.85. The van der Waals surface area contributed by atoms with Gasteiger partial charge in [0, 0.05) is 6.61 Å². The van der Waals surface area contributed by atoms with Gasteiger partial charge in [-0.2, -0.15) is 0 Å². The molecule has 0 saturated carbocycles. The summed E-state index contributed by atoms with van der Waals surface area (Å²) in [7, 11) is 0. The molecule has 0 aliphatic heterocycles. The van der Waals surface area contributed by atoms with Crippen LogP contribution in [0.1, 0.15) is 59.8 Å². The van der Waals surface area contributed by atoms with Gasteiger partial charge in [0.05, 0.1) is 0 Å². The van der Waals surface area contributed by atoms with Crippen molar-refractivity contribution in [1.82, 2.24) is 0 Å². The van der Waals surface area contributed by atoms with E-state index in [0.29, 0.717) is 17.9 Å². The first-order valence-electron chi connectivity index (χ1n) is 6.80. The van der Waals surface area contributed by atoms with Crippen molar-refractivity contribution in [3.05, 3.63) is 11.6 Å². The van der Waals surface area contributed by atoms with Crippen molar-refractivity contribution in [2.75, 3.05) is 6.61 Å². The summed E-state index contributed by atoms with van der Waals surface area (Å²) in [5.74, 6) is 1.32. The molecule has 0 bridgehead atoms. The maximum atomic E-state index is 9.30. The largest absolute Gasteiger partial charge is 0.396 e. The van der Waals surface area contributed by atoms with Crippen molar-refractivity contribution >= 4 is 0 Å². The Kier molecular flexibility index (Phi) is 5.04. The lowest BCUT2D eigenvalue weighted by atomic mass is 9.74. The van der Waals surface area contributed by atoms with Crippen LogP contribution < -0.4 is 0 Å². The minimum atomic E-state index is 0.368. The summed E-state index contributed by atoms with van der Waals surface area (Å²) < 4.78 is 0. The lowest BCUT2D eigenvalue weighted by molar-refractivity contribution is 0.185. The Balaban J connectivity index is 2.39. The third-order valence-electron chi connectivity index (χ3n) is 4.62. The van der Waals surface area contributed by atoms with Gasteiger partial charge in [-0.15, -0.1) is 0 Å². The van der Waals surface area contributed by atoms with Crippen LogP contribution in [0.2, 0.25) is 0 Å². The van der Waals surface area contributed by atoms with Gasteiger partial charge in [-0.05, 0) is 49.9 Å². The van der Waals surface area contributed by atoms with Crippen LogP contribution in [0.25, 0.3) is 0 Å². The molecule has 0 amide bonds. The molecule has 0 radical (unpaired) electrons. The first-order valence-corrected chi connectivity index (χ1v) is 6.80. The molecule has 1 rings (SSSR count). The molecule has 16 heavy (non-hydrogen) atoms. The van der Waals surface area contributed by atoms with Crippen molar-refractivity contribution in [3.8, 4) is 0 Å². The van der Waals surface area contributed by atoms with E-state index in [1.165, 1.54) is 32.1 Å². The minimum absolute atomic E-state index is 0.368. The van der Waals surface area contributed by atoms with Crippen molar-refractivity contribution < 1.29 is 5.11 Å². The van der Waals surface area contributed by atoms with Crippen LogP contribution in [0.3, 0.4) is 0 Å². The Bertz CT molecular complexity index is 240. The number of hydrogen-bond acceptors (Lipinski definition) is 1. The van der Waals surface area contributed by atoms with Crippen LogP contribution in [0.5, 0.6) is 0 Å². The summed E-state index contributed by atoms with van der Waals surface area (Å²) in [5, 5.41) is 9.30. The van der Waals surface area contributed by atoms with Gasteiger partial charge in [-0.25, -0.2) is 0 Å². The summed E-state index contributed by atoms with van der Waals surface area (Å²) in [4.78, 5) is 0. The molecule has 0 aromatic heterocycles. The average Bonchev–Trinajstić information content (AvgIpc) is 2.50. The maximum Gasteiger partial charge on any atom is 0.0459 e. The SMILES string of the molecule is CCCC(CO)CCC1CC=C(C)C1(C)C. The highest BCUT2D eigenvalue weighted by atomic mass is 16.3. The lowest BCUT2D eigenvalue weighted by Crippen LogP contribution is -2.21. The zero-order valence-corrected chi connectivity index (χ0v) is 11.4. The Hall–Kier alpha value is -0.300. The molecule has 0 spiro atoms. The highest BCUT2D eigenvalue weighted by Crippen LogP contribution is 2.45. The molecular formula is C15H28O. The molecule has 0 aromatic carbocycles. The van der Waals surface area contributed by atoms with Gasteiger partial charge in [-0.3, -0.25) is 0 Å². The zero-order chi connectivity index (χ0) is 12.2. The van der Waals surface area contributed by atoms with Gasteiger partial charge >= 0.3 is 0 Å². The van der Waals surface area contributed by atoms with Crippen LogP contribution in [-0.2, 0) is 0 Å². The molecule has 2 atom stereocenters. The van der Waals surface area contributed by atoms with Crippen LogP contribution in [-0.4, -0.2) is 11.7 Å². The van der Waals surface area contributed by atoms with Crippen molar-refractivity contribution in [2.45, 2.75) is 59.8 Å². The van der Waals surface area contributed by atoms with Crippen LogP contribution in [0, 0.1) is 17.3 Å². The third-order valence-corrected chi connectivity index (χ3v) is 4.62. The summed E-state index contributed by atoms with van der Waals surface area (Å²) in [6.45, 7) is 9.56. The fourth-order valence-electron chi connectivity index (χ4n) is 2.85. The van der Waals surface area contributed by atoms with Crippen LogP contribution >= 0.6 is 0 Å². The van der Waals surface area contributed by atoms with E-state index in [1.54, 1.807) is 5.57 Å². The molecule has 1 aliphatic rings. The van der Waals surface area contributed by atoms with Gasteiger partial charge in [0.15, 0.2) is 0 Å². The van der Waals surface area contributed by atoms with E-state index in [0.717, 1.165) is 5.92 Å². The Labute approximate surface area is 101 Å². The second-order valence-electron chi connectivity index (χ2n) is 5.96. The number of allylic oxidation sites excluding steroid dienone is 2. The summed E-state index contributed by atoms with van der Waals surface area (Å²) >= 11 is 0. The average molecular weight is 224 g/mol. The predicted octanol–water partition coefficient (Wildman–Crippen LogP) is 4.17. The molecule has 1 nitrogen and oxygen atoms in total. The Morgan fingerprint density at radius 3 is 2.56 bits per heavy atom. The number of aliphatic hydroxyl groups excluding tert-OH is 1. The number of aliphatic hydroxyl groups is 1. The molecule has 94 valence electrons. The molecule has 0 fully saturated rings. The van der Waals surface area contributed by atoms with E-state index in [-0.39, 0.29) is 0 Å². The topological polar surface area (TPSA) is 20.2 Å². The van der Waals surface area contributed by atoms with Gasteiger partial charge in [0.2, 0.25) is 0 Å². The predicted molar refractivity (Wildman–Crippen MR) is 70.4 cm³/mol. The Morgan fingerprint density at radius 2 is 2.12 bits per heavy atom. The summed E-state index contributed by atoms with van der Waals surface area (Å²) in [6.07, 6.45) is 8.47. The zero-order valence-electron chi connectivity index (χ0n) is 11.4. The molecular weight excluding hydrogens is 196 g/mol. The van der Waals surface area contributed by atoms with Gasteiger partial charge in [0.25, 0.3) is 0 Å². The first kappa shape index (κ1) is 13.8. The molecule has 2 unspecified atom stereocenters. The van der Waals surface area contributed by atoms with E-state index in [1.807, 2.05) is 0 Å². The van der Waals surface area contributed by atoms with E-state index in [2.05, 4.69) is 33.8 Å². The number of hydrogen-bond donors (Lipinski definition) is 1. The van der Waals surface area contributed by atoms with E-state index in [9.17, 15) is 5.11 Å². The van der Waals surface area contributed by atoms with E-state index < -0.39 is 0 Å². The highest BCUT2D eigenvalue weighted by Gasteiger charge is 2.34. The van der Waals surface area contributed by atoms with Crippen LogP contribution in [0.4, 0.5) is 0 Å². The van der Waals surface area contributed by atoms with Gasteiger partial charge < -0.3 is 5.11 Å². The van der Waals surface area contributed by atoms with Crippen LogP contribution in [0.15, 0.2) is 11.6 Å². The van der Waals surface area contributed by atoms with Gasteiger partial charge in [0.1, 0.15) is 0 Å². The van der Waals surface area contributed by atoms with E-state index >= 15 is 0 Å². The third kappa shape index (κ3) is 3.10. The maximum absolute atomic E-state index is 9.30. The lowest BCUT2D eigenvalue weighted by Gasteiger charge is -2.30. The summed E-state index contributed by atoms with van der Waals surface area (Å²) in [6, 6.07) is 0. The minimum Gasteiger partial charge on any atom is -0.396 e. The molecule has 0 aromatic rings. The standard InChI is InChI=1S/C15H28O/c1-5-6-13(11-16)8-10-14-9-7-12(2)15(14,3)4/h7,13-14,16H,5-6,8-11H2,1-4H3. The molecule has 1 N–H and O–H groups in total. The second kappa shape index (κ2) is 5.86. The summed E-state index contributed by atoms with van der Waals surface area (Å²) in [5.41, 5.74) is 1.93. The second-order valence-corrected chi connectivity index (χ2v) is 5.96. The number of rotatable bonds is 6. The smallest absolute Gasteiger partial charge is 0.0459 e. The van der Waals surface area contributed by atoms with Crippen molar-refractivity contribution in [1.29, 1.82) is 0 Å². The van der Waals surface area contributed by atoms with Crippen molar-refractivity contribution in [3.63, 3.8) is 0 Å². The first-order chi connectivity index (χ1) is 7.52. The normalized spacial score (nSPS) is 25.6. The monoisotopic (exact) mass is 224 g/mol. The van der Waals surface area contributed by atoms with Gasteiger partial charge in [-0.1, -0.05) is 38.8 Å². The molecule has 1 heteroatoms. The van der Waals surface area contributed by atoms with E-state index in [4.69, 9.17) is 0 Å². The van der Waals surface area contributed by atoms with Crippen molar-refractivity contribution in [2.24, 2.45) is 17.3 Å². The molecule has 0 heterocycles.